The molecule has 6 heterocycles. The van der Waals surface area contributed by atoms with Crippen LogP contribution < -0.4 is 26.6 Å². The lowest BCUT2D eigenvalue weighted by Crippen LogP contribution is -2.59. The number of alkyl halides is 1. The predicted octanol–water partition coefficient (Wildman–Crippen LogP) is 4.63. The normalized spacial score (nSPS) is 17.8. The maximum Gasteiger partial charge on any atom is 0.258 e. The molecule has 7 N–H and O–H groups in total. The third-order valence-corrected chi connectivity index (χ3v) is 17.8. The molecule has 29 heteroatoms. The number of piperazine rings is 1. The number of anilines is 2. The first-order chi connectivity index (χ1) is 45.3. The van der Waals surface area contributed by atoms with Crippen LogP contribution in [0.15, 0.2) is 72.8 Å². The van der Waals surface area contributed by atoms with Crippen molar-refractivity contribution in [1.82, 2.24) is 65.5 Å². The number of β-amino-alcohol motifs (C(OH)–C–C–N with tert-alkyl or cyclic N) is 1. The van der Waals surface area contributed by atoms with Gasteiger partial charge in [-0.1, -0.05) is 45.0 Å². The topological polar surface area (TPSA) is 310 Å². The number of aromatic amines is 1. The van der Waals surface area contributed by atoms with Crippen LogP contribution >= 0.6 is 11.3 Å². The highest BCUT2D eigenvalue weighted by Crippen LogP contribution is 2.42. The minimum Gasteiger partial charge on any atom is -0.391 e. The number of rotatable bonds is 34. The van der Waals surface area contributed by atoms with Gasteiger partial charge < -0.3 is 65.2 Å². The molecule has 6 aromatic rings. The van der Waals surface area contributed by atoms with Crippen LogP contribution in [0.1, 0.15) is 98.6 Å². The Labute approximate surface area is 547 Å². The molecule has 4 aromatic heterocycles. The summed E-state index contributed by atoms with van der Waals surface area (Å²) in [5, 5.41) is 32.0. The summed E-state index contributed by atoms with van der Waals surface area (Å²) in [5.74, 6) is -2.74. The Morgan fingerprint density at radius 2 is 1.46 bits per heavy atom. The quantitative estimate of drug-likeness (QED) is 0.0271. The molecule has 0 bridgehead atoms. The lowest BCUT2D eigenvalue weighted by molar-refractivity contribution is -0.145. The number of aromatic nitrogens is 6. The molecule has 4 aliphatic rings. The molecule has 94 heavy (non-hydrogen) atoms. The van der Waals surface area contributed by atoms with Crippen molar-refractivity contribution in [2.24, 2.45) is 5.41 Å². The molecule has 0 spiro atoms. The number of imidazole rings is 1. The second kappa shape index (κ2) is 32.0. The summed E-state index contributed by atoms with van der Waals surface area (Å²) in [7, 11) is 0. The van der Waals surface area contributed by atoms with E-state index >= 15 is 4.39 Å². The highest BCUT2D eigenvalue weighted by atomic mass is 32.1. The molecular formula is C65H84F2N14O12S. The summed E-state index contributed by atoms with van der Waals surface area (Å²) in [6, 6.07) is 8.68. The van der Waals surface area contributed by atoms with Crippen LogP contribution in [0, 0.1) is 18.2 Å². The van der Waals surface area contributed by atoms with Crippen molar-refractivity contribution in [3.63, 3.8) is 0 Å². The van der Waals surface area contributed by atoms with Gasteiger partial charge in [0.05, 0.1) is 137 Å². The molecule has 2 aliphatic carbocycles. The van der Waals surface area contributed by atoms with Gasteiger partial charge in [-0.25, -0.2) is 23.7 Å². The van der Waals surface area contributed by atoms with Gasteiger partial charge in [-0.15, -0.1) is 11.3 Å². The van der Waals surface area contributed by atoms with E-state index in [4.69, 9.17) is 28.7 Å². The fourth-order valence-electron chi connectivity index (χ4n) is 11.1. The summed E-state index contributed by atoms with van der Waals surface area (Å²) in [5.41, 5.74) is 4.82. The molecule has 4 atom stereocenters. The average molecular weight is 1320 g/mol. The number of H-pyrrole nitrogens is 1. The highest BCUT2D eigenvalue weighted by Gasteiger charge is 2.53. The van der Waals surface area contributed by atoms with Crippen molar-refractivity contribution < 1.29 is 66.3 Å². The number of nitrogens with one attached hydrogen (secondary N) is 6. The van der Waals surface area contributed by atoms with Gasteiger partial charge in [-0.05, 0) is 67.3 Å². The smallest absolute Gasteiger partial charge is 0.258 e. The summed E-state index contributed by atoms with van der Waals surface area (Å²) in [4.78, 5) is 100. The highest BCUT2D eigenvalue weighted by molar-refractivity contribution is 7.13. The Morgan fingerprint density at radius 1 is 0.809 bits per heavy atom. The number of benzene rings is 2. The number of aliphatic hydroxyl groups is 1. The van der Waals surface area contributed by atoms with E-state index < -0.39 is 58.9 Å². The van der Waals surface area contributed by atoms with Gasteiger partial charge >= 0.3 is 0 Å². The summed E-state index contributed by atoms with van der Waals surface area (Å²) >= 11 is 1.49. The van der Waals surface area contributed by atoms with Gasteiger partial charge in [0, 0.05) is 81.7 Å². The van der Waals surface area contributed by atoms with E-state index in [1.807, 2.05) is 46.7 Å². The molecule has 26 nitrogen and oxygen atoms in total. The van der Waals surface area contributed by atoms with Crippen LogP contribution in [0.5, 0.6) is 0 Å². The number of thiazole rings is 1. The molecule has 2 saturated heterocycles. The van der Waals surface area contributed by atoms with Gasteiger partial charge in [0.2, 0.25) is 23.6 Å². The third kappa shape index (κ3) is 18.5. The van der Waals surface area contributed by atoms with E-state index in [1.54, 1.807) is 61.9 Å². The third-order valence-electron chi connectivity index (χ3n) is 16.8. The predicted molar refractivity (Wildman–Crippen MR) is 343 cm³/mol. The van der Waals surface area contributed by atoms with Crippen LogP contribution in [0.2, 0.25) is 0 Å². The summed E-state index contributed by atoms with van der Waals surface area (Å²) in [6.45, 7) is 12.5. The number of aryl methyl sites for hydroxylation is 1. The number of hydrogen-bond acceptors (Lipinski definition) is 19. The molecule has 0 radical (unpaired) electrons. The fraction of sp³-hybridized carbons (Fsp3) is 0.538. The Balaban J connectivity index is 0.543. The second-order valence-electron chi connectivity index (χ2n) is 25.1. The standard InChI is InChI=1S/C65H84F2N14O12S/c1-41-56(94-40-71-41)44-9-7-42(8-10-44)50(76-60(85)52-32-47(82)37-81(52)62(87)57(64(2,3)4)77-63(88)65(67)13-14-65)33-54(83)68-15-21-89-23-25-91-27-29-93-30-28-92-26-24-90-22-16-69-55(84)39-78-17-19-79(20-18-78)61(86)45-11-12-49(48(66)31-45)74-58-59-70-36-53(46-34-72-73-35-46)80(59)38-51(75-58)43-5-6-43/h7-12,31,34-36,38,40,43,47,50,52,57,82H,5-6,13-30,32-33,37,39H2,1-4H3,(H,68,83)(H,69,84)(H,72,73)(H,74,75)(H,76,85)(H,77,88)/t47-,50+,52+,57-/m1/s1. The lowest BCUT2D eigenvalue weighted by Gasteiger charge is -2.36. The first-order valence-electron chi connectivity index (χ1n) is 32.0. The number of ether oxygens (including phenoxy) is 5. The van der Waals surface area contributed by atoms with E-state index in [-0.39, 0.29) is 87.5 Å². The molecule has 10 rings (SSSR count). The SMILES string of the molecule is Cc1ncsc1-c1ccc([C@H](CC(=O)NCCOCCOCCOCCOCCOCCNC(=O)CN2CCN(C(=O)c3ccc(Nc4nc(C5CC5)cn5c(-c6cn[nH]c6)cnc45)c(F)c3)CC2)NC(=O)[C@@H]2C[C@@H](O)CN2C(=O)[C@@H](NC(=O)C2(F)CC2)C(C)(C)C)cc1. The number of nitrogens with zero attached hydrogens (tertiary/aromatic N) is 8. The fourth-order valence-corrected chi connectivity index (χ4v) is 12.0. The molecule has 6 amide bonds. The minimum atomic E-state index is -2.02. The van der Waals surface area contributed by atoms with E-state index in [1.165, 1.54) is 22.3 Å². The van der Waals surface area contributed by atoms with Crippen LogP contribution in [-0.2, 0) is 47.7 Å². The number of carbonyl (C=O) groups excluding carboxylic acids is 6. The van der Waals surface area contributed by atoms with Crippen molar-refractivity contribution in [2.75, 3.05) is 124 Å². The number of carbonyl (C=O) groups is 6. The van der Waals surface area contributed by atoms with Gasteiger partial charge in [-0.2, -0.15) is 5.10 Å². The van der Waals surface area contributed by atoms with Crippen molar-refractivity contribution in [3.8, 4) is 21.7 Å². The van der Waals surface area contributed by atoms with E-state index in [2.05, 4.69) is 46.7 Å². The summed E-state index contributed by atoms with van der Waals surface area (Å²) in [6.07, 6.45) is 8.15. The lowest BCUT2D eigenvalue weighted by atomic mass is 9.85. The van der Waals surface area contributed by atoms with E-state index in [9.17, 15) is 38.3 Å². The Hall–Kier alpha value is -7.90. The zero-order chi connectivity index (χ0) is 66.4. The Bertz CT molecular complexity index is 3550. The van der Waals surface area contributed by atoms with Gasteiger partial charge in [0.25, 0.3) is 11.8 Å². The van der Waals surface area contributed by atoms with Crippen LogP contribution in [0.3, 0.4) is 0 Å². The molecule has 2 saturated carbocycles. The average Bonchev–Trinajstić information content (AvgIpc) is 1.60. The molecule has 4 fully saturated rings. The first-order valence-corrected chi connectivity index (χ1v) is 32.9. The van der Waals surface area contributed by atoms with E-state index in [0.29, 0.717) is 109 Å². The molecule has 2 aromatic carbocycles. The molecule has 0 unspecified atom stereocenters. The number of hydrogen-bond donors (Lipinski definition) is 7. The van der Waals surface area contributed by atoms with Crippen molar-refractivity contribution in [2.45, 2.75) is 102 Å². The van der Waals surface area contributed by atoms with Gasteiger partial charge in [0.15, 0.2) is 17.1 Å². The van der Waals surface area contributed by atoms with Gasteiger partial charge in [-0.3, -0.25) is 43.2 Å². The monoisotopic (exact) mass is 1320 g/mol. The number of aliphatic hydroxyl groups excluding tert-OH is 1. The number of halogens is 2. The van der Waals surface area contributed by atoms with Crippen LogP contribution in [-0.4, -0.2) is 227 Å². The van der Waals surface area contributed by atoms with Crippen LogP contribution in [0.4, 0.5) is 20.3 Å². The zero-order valence-electron chi connectivity index (χ0n) is 53.5. The summed E-state index contributed by atoms with van der Waals surface area (Å²) < 4.78 is 60.4. The molecule has 2 aliphatic heterocycles. The Morgan fingerprint density at radius 3 is 2.04 bits per heavy atom. The second-order valence-corrected chi connectivity index (χ2v) is 25.9. The number of likely N-dealkylation sites (tertiary alicyclic amines) is 1. The number of fused-ring (bicyclic) bond motifs is 1. The zero-order valence-corrected chi connectivity index (χ0v) is 54.3. The van der Waals surface area contributed by atoms with Crippen molar-refractivity contribution in [3.05, 3.63) is 101 Å². The van der Waals surface area contributed by atoms with Crippen molar-refractivity contribution in [1.29, 1.82) is 0 Å². The van der Waals surface area contributed by atoms with Gasteiger partial charge in [0.1, 0.15) is 17.9 Å². The van der Waals surface area contributed by atoms with Crippen LogP contribution in [0.25, 0.3) is 27.3 Å². The minimum absolute atomic E-state index is 0.0681. The Kier molecular flexibility index (Phi) is 23.5. The maximum absolute atomic E-state index is 15.6. The first kappa shape index (κ1) is 68.9. The maximum atomic E-state index is 15.6. The van der Waals surface area contributed by atoms with Crippen molar-refractivity contribution >= 4 is 63.9 Å². The molecule has 506 valence electrons. The number of amides is 6. The largest absolute Gasteiger partial charge is 0.391 e. The van der Waals surface area contributed by atoms with E-state index in [0.717, 1.165) is 45.9 Å². The molecular weight excluding hydrogens is 1240 g/mol.